The van der Waals surface area contributed by atoms with Crippen molar-refractivity contribution in [3.8, 4) is 0 Å². The van der Waals surface area contributed by atoms with Crippen molar-refractivity contribution in [1.82, 2.24) is 15.5 Å². The maximum atomic E-state index is 5.51. The highest BCUT2D eigenvalue weighted by molar-refractivity contribution is 14.0. The van der Waals surface area contributed by atoms with Gasteiger partial charge in [-0.15, -0.1) is 24.0 Å². The van der Waals surface area contributed by atoms with Crippen LogP contribution in [-0.4, -0.2) is 64.9 Å². The third kappa shape index (κ3) is 10.7. The summed E-state index contributed by atoms with van der Waals surface area (Å²) in [4.78, 5) is 6.40. The molecule has 0 radical (unpaired) electrons. The van der Waals surface area contributed by atoms with Crippen LogP contribution in [0.15, 0.2) is 4.99 Å². The smallest absolute Gasteiger partial charge is 0.191 e. The van der Waals surface area contributed by atoms with E-state index in [0.29, 0.717) is 0 Å². The zero-order valence-electron chi connectivity index (χ0n) is 14.1. The van der Waals surface area contributed by atoms with Gasteiger partial charge in [0.15, 0.2) is 5.96 Å². The second-order valence-electron chi connectivity index (χ2n) is 6.13. The summed E-state index contributed by atoms with van der Waals surface area (Å²) in [5, 5.41) is 6.63. The van der Waals surface area contributed by atoms with Crippen molar-refractivity contribution in [2.24, 2.45) is 10.4 Å². The number of methoxy groups -OCH3 is 1. The molecule has 0 aliphatic heterocycles. The highest BCUT2D eigenvalue weighted by Crippen LogP contribution is 2.20. The standard InChI is InChI=1S/C14H32N4O.HI/c1-14(2,3)12(19-7)11-17-13(15-4)16-9-8-10-18(5)6;/h12H,8-11H2,1-7H3,(H2,15,16,17);1H. The van der Waals surface area contributed by atoms with Crippen LogP contribution in [-0.2, 0) is 4.74 Å². The molecule has 0 heterocycles. The lowest BCUT2D eigenvalue weighted by Crippen LogP contribution is -2.45. The van der Waals surface area contributed by atoms with Crippen LogP contribution in [0.25, 0.3) is 0 Å². The molecule has 0 bridgehead atoms. The van der Waals surface area contributed by atoms with Gasteiger partial charge in [0.05, 0.1) is 6.10 Å². The Bertz CT molecular complexity index is 264. The lowest BCUT2D eigenvalue weighted by molar-refractivity contribution is 0.0205. The molecule has 5 nitrogen and oxygen atoms in total. The van der Waals surface area contributed by atoms with Gasteiger partial charge < -0.3 is 20.3 Å². The molecule has 0 aromatic carbocycles. The SMILES string of the molecule is CN=C(NCCCN(C)C)NCC(OC)C(C)(C)C.I. The normalized spacial score (nSPS) is 13.9. The number of hydrogen-bond acceptors (Lipinski definition) is 3. The predicted octanol–water partition coefficient (Wildman–Crippen LogP) is 1.78. The number of rotatable bonds is 7. The third-order valence-corrected chi connectivity index (χ3v) is 3.00. The van der Waals surface area contributed by atoms with Crippen LogP contribution in [0, 0.1) is 5.41 Å². The summed E-state index contributed by atoms with van der Waals surface area (Å²) in [5.41, 5.74) is 0.117. The minimum atomic E-state index is 0. The minimum absolute atomic E-state index is 0. The van der Waals surface area contributed by atoms with Gasteiger partial charge >= 0.3 is 0 Å². The molecule has 0 aliphatic carbocycles. The summed E-state index contributed by atoms with van der Waals surface area (Å²) in [7, 11) is 7.71. The van der Waals surface area contributed by atoms with Crippen molar-refractivity contribution in [2.45, 2.75) is 33.3 Å². The first-order chi connectivity index (χ1) is 8.81. The van der Waals surface area contributed by atoms with Crippen LogP contribution < -0.4 is 10.6 Å². The van der Waals surface area contributed by atoms with E-state index in [-0.39, 0.29) is 35.5 Å². The van der Waals surface area contributed by atoms with Crippen LogP contribution >= 0.6 is 24.0 Å². The first-order valence-electron chi connectivity index (χ1n) is 6.93. The van der Waals surface area contributed by atoms with E-state index in [0.717, 1.165) is 32.0 Å². The predicted molar refractivity (Wildman–Crippen MR) is 98.2 cm³/mol. The molecule has 0 aromatic rings. The Labute approximate surface area is 141 Å². The fourth-order valence-corrected chi connectivity index (χ4v) is 1.76. The quantitative estimate of drug-likeness (QED) is 0.296. The highest BCUT2D eigenvalue weighted by atomic mass is 127. The fraction of sp³-hybridized carbons (Fsp3) is 0.929. The Morgan fingerprint density at radius 3 is 2.25 bits per heavy atom. The van der Waals surface area contributed by atoms with Gasteiger partial charge in [-0.25, -0.2) is 0 Å². The van der Waals surface area contributed by atoms with E-state index in [1.54, 1.807) is 14.2 Å². The average molecular weight is 400 g/mol. The fourth-order valence-electron chi connectivity index (χ4n) is 1.76. The van der Waals surface area contributed by atoms with Crippen molar-refractivity contribution in [3.05, 3.63) is 0 Å². The van der Waals surface area contributed by atoms with Gasteiger partial charge in [-0.3, -0.25) is 4.99 Å². The molecule has 0 amide bonds. The number of nitrogens with zero attached hydrogens (tertiary/aromatic N) is 2. The van der Waals surface area contributed by atoms with Gasteiger partial charge in [-0.05, 0) is 32.5 Å². The van der Waals surface area contributed by atoms with E-state index in [1.807, 2.05) is 0 Å². The summed E-state index contributed by atoms with van der Waals surface area (Å²) < 4.78 is 5.51. The van der Waals surface area contributed by atoms with Gasteiger partial charge in [0, 0.05) is 27.2 Å². The molecule has 0 saturated carbocycles. The average Bonchev–Trinajstić information content (AvgIpc) is 2.30. The van der Waals surface area contributed by atoms with Crippen LogP contribution in [0.3, 0.4) is 0 Å². The molecule has 0 saturated heterocycles. The van der Waals surface area contributed by atoms with Gasteiger partial charge in [-0.1, -0.05) is 20.8 Å². The molecule has 1 atom stereocenters. The summed E-state index contributed by atoms with van der Waals surface area (Å²) in [6.07, 6.45) is 1.26. The maximum absolute atomic E-state index is 5.51. The van der Waals surface area contributed by atoms with E-state index in [1.165, 1.54) is 0 Å². The molecule has 0 aromatic heterocycles. The lowest BCUT2D eigenvalue weighted by atomic mass is 9.89. The van der Waals surface area contributed by atoms with Crippen LogP contribution in [0.2, 0.25) is 0 Å². The Balaban J connectivity index is 0. The first-order valence-corrected chi connectivity index (χ1v) is 6.93. The summed E-state index contributed by atoms with van der Waals surface area (Å²) in [6, 6.07) is 0. The number of nitrogens with one attached hydrogen (secondary N) is 2. The summed E-state index contributed by atoms with van der Waals surface area (Å²) in [6.45, 7) is 9.29. The van der Waals surface area contributed by atoms with Crippen LogP contribution in [0.1, 0.15) is 27.2 Å². The van der Waals surface area contributed by atoms with E-state index < -0.39 is 0 Å². The largest absolute Gasteiger partial charge is 0.379 e. The van der Waals surface area contributed by atoms with Crippen molar-refractivity contribution in [3.63, 3.8) is 0 Å². The number of halogens is 1. The Hall–Kier alpha value is -0.0800. The Morgan fingerprint density at radius 2 is 1.85 bits per heavy atom. The molecule has 0 spiro atoms. The molecular formula is C14H33IN4O. The van der Waals surface area contributed by atoms with Crippen molar-refractivity contribution in [2.75, 3.05) is 47.9 Å². The Kier molecular flexibility index (Phi) is 12.8. The van der Waals surface area contributed by atoms with Gasteiger partial charge in [-0.2, -0.15) is 0 Å². The number of ether oxygens (including phenoxy) is 1. The molecular weight excluding hydrogens is 367 g/mol. The lowest BCUT2D eigenvalue weighted by Gasteiger charge is -2.30. The Morgan fingerprint density at radius 1 is 1.25 bits per heavy atom. The zero-order valence-corrected chi connectivity index (χ0v) is 16.4. The molecule has 0 rings (SSSR count). The molecule has 2 N–H and O–H groups in total. The van der Waals surface area contributed by atoms with Crippen LogP contribution in [0.5, 0.6) is 0 Å². The number of hydrogen-bond donors (Lipinski definition) is 2. The molecule has 20 heavy (non-hydrogen) atoms. The summed E-state index contributed by atoms with van der Waals surface area (Å²) >= 11 is 0. The molecule has 0 aliphatic rings. The molecule has 122 valence electrons. The van der Waals surface area contributed by atoms with Crippen LogP contribution in [0.4, 0.5) is 0 Å². The molecule has 1 unspecified atom stereocenters. The molecule has 0 fully saturated rings. The van der Waals surface area contributed by atoms with Crippen molar-refractivity contribution >= 4 is 29.9 Å². The third-order valence-electron chi connectivity index (χ3n) is 3.00. The van der Waals surface area contributed by atoms with Crippen molar-refractivity contribution in [1.29, 1.82) is 0 Å². The van der Waals surface area contributed by atoms with E-state index in [4.69, 9.17) is 4.74 Å². The topological polar surface area (TPSA) is 48.9 Å². The summed E-state index contributed by atoms with van der Waals surface area (Å²) in [5.74, 6) is 0.838. The first kappa shape index (κ1) is 22.2. The monoisotopic (exact) mass is 400 g/mol. The maximum Gasteiger partial charge on any atom is 0.191 e. The van der Waals surface area contributed by atoms with E-state index >= 15 is 0 Å². The van der Waals surface area contributed by atoms with Crippen molar-refractivity contribution < 1.29 is 4.74 Å². The second-order valence-corrected chi connectivity index (χ2v) is 6.13. The molecule has 6 heteroatoms. The van der Waals surface area contributed by atoms with E-state index in [9.17, 15) is 0 Å². The number of guanidine groups is 1. The number of aliphatic imine (C=N–C) groups is 1. The zero-order chi connectivity index (χ0) is 14.9. The van der Waals surface area contributed by atoms with Gasteiger partial charge in [0.2, 0.25) is 0 Å². The van der Waals surface area contributed by atoms with Gasteiger partial charge in [0.25, 0.3) is 0 Å². The van der Waals surface area contributed by atoms with Gasteiger partial charge in [0.1, 0.15) is 0 Å². The second kappa shape index (κ2) is 11.6. The minimum Gasteiger partial charge on any atom is -0.379 e. The highest BCUT2D eigenvalue weighted by Gasteiger charge is 2.24. The van der Waals surface area contributed by atoms with E-state index in [2.05, 4.69) is 55.4 Å².